The zero-order valence-corrected chi connectivity index (χ0v) is 19.8. The minimum atomic E-state index is -0.799. The molecular weight excluding hydrogens is 422 g/mol. The van der Waals surface area contributed by atoms with Crippen LogP contribution in [-0.4, -0.2) is 49.1 Å². The molecule has 7 heteroatoms. The summed E-state index contributed by atoms with van der Waals surface area (Å²) in [5.41, 5.74) is 1.02. The van der Waals surface area contributed by atoms with Crippen molar-refractivity contribution in [1.29, 1.82) is 0 Å². The first kappa shape index (κ1) is 24.2. The van der Waals surface area contributed by atoms with Gasteiger partial charge in [-0.05, 0) is 42.7 Å². The van der Waals surface area contributed by atoms with Gasteiger partial charge in [0.15, 0.2) is 11.5 Å². The number of aliphatic hydroxyl groups excluding tert-OH is 1. The van der Waals surface area contributed by atoms with Crippen LogP contribution < -0.4 is 14.2 Å². The molecule has 1 aliphatic rings. The van der Waals surface area contributed by atoms with Gasteiger partial charge in [-0.15, -0.1) is 0 Å². The highest BCUT2D eigenvalue weighted by atomic mass is 16.5. The molecule has 1 atom stereocenters. The lowest BCUT2D eigenvalue weighted by atomic mass is 9.94. The second-order valence-electron chi connectivity index (χ2n) is 8.30. The smallest absolute Gasteiger partial charge is 0.295 e. The summed E-state index contributed by atoms with van der Waals surface area (Å²) in [5, 5.41) is 11.2. The molecule has 0 radical (unpaired) electrons. The number of aliphatic hydroxyl groups is 1. The number of methoxy groups -OCH3 is 2. The zero-order valence-electron chi connectivity index (χ0n) is 19.8. The van der Waals surface area contributed by atoms with Crippen molar-refractivity contribution in [2.45, 2.75) is 33.2 Å². The highest BCUT2D eigenvalue weighted by Crippen LogP contribution is 2.45. The van der Waals surface area contributed by atoms with Crippen molar-refractivity contribution in [3.05, 3.63) is 59.2 Å². The molecule has 1 unspecified atom stereocenters. The van der Waals surface area contributed by atoms with Crippen molar-refractivity contribution in [1.82, 2.24) is 4.90 Å². The summed E-state index contributed by atoms with van der Waals surface area (Å²) in [4.78, 5) is 27.5. The van der Waals surface area contributed by atoms with Gasteiger partial charge in [-0.25, -0.2) is 0 Å². The number of Topliss-reactive ketones (excluding diaryl/α,β-unsaturated/α-hetero) is 1. The lowest BCUT2D eigenvalue weighted by Gasteiger charge is -2.26. The van der Waals surface area contributed by atoms with Crippen molar-refractivity contribution in [2.24, 2.45) is 5.92 Å². The molecular formula is C26H31NO6. The van der Waals surface area contributed by atoms with E-state index in [1.54, 1.807) is 42.5 Å². The van der Waals surface area contributed by atoms with Crippen LogP contribution in [0, 0.1) is 5.92 Å². The summed E-state index contributed by atoms with van der Waals surface area (Å²) >= 11 is 0. The van der Waals surface area contributed by atoms with Gasteiger partial charge >= 0.3 is 0 Å². The number of amides is 1. The Morgan fingerprint density at radius 2 is 1.76 bits per heavy atom. The van der Waals surface area contributed by atoms with E-state index < -0.39 is 17.7 Å². The Labute approximate surface area is 194 Å². The quantitative estimate of drug-likeness (QED) is 0.340. The molecule has 0 aliphatic carbocycles. The van der Waals surface area contributed by atoms with E-state index in [1.807, 2.05) is 6.92 Å². The lowest BCUT2D eigenvalue weighted by Crippen LogP contribution is -2.30. The van der Waals surface area contributed by atoms with Crippen LogP contribution in [0.4, 0.5) is 0 Å². The van der Waals surface area contributed by atoms with Gasteiger partial charge < -0.3 is 24.2 Å². The second-order valence-corrected chi connectivity index (χ2v) is 8.30. The van der Waals surface area contributed by atoms with Gasteiger partial charge in [0.2, 0.25) is 0 Å². The third kappa shape index (κ3) is 4.82. The van der Waals surface area contributed by atoms with Crippen LogP contribution in [0.3, 0.4) is 0 Å². The zero-order chi connectivity index (χ0) is 24.1. The summed E-state index contributed by atoms with van der Waals surface area (Å²) in [6, 6.07) is 11.3. The minimum absolute atomic E-state index is 0.0239. The fourth-order valence-corrected chi connectivity index (χ4v) is 3.93. The molecule has 2 aromatic rings. The third-order valence-corrected chi connectivity index (χ3v) is 5.44. The maximum Gasteiger partial charge on any atom is 0.295 e. The number of carbonyl (C=O) groups excluding carboxylic acids is 2. The van der Waals surface area contributed by atoms with E-state index in [1.165, 1.54) is 19.1 Å². The van der Waals surface area contributed by atoms with Gasteiger partial charge in [-0.2, -0.15) is 0 Å². The average Bonchev–Trinajstić information content (AvgIpc) is 3.07. The predicted octanol–water partition coefficient (Wildman–Crippen LogP) is 4.57. The topological polar surface area (TPSA) is 85.3 Å². The Bertz CT molecular complexity index is 1040. The molecule has 0 saturated carbocycles. The summed E-state index contributed by atoms with van der Waals surface area (Å²) in [7, 11) is 3.02. The molecule has 0 aromatic heterocycles. The molecule has 0 bridgehead atoms. The number of ether oxygens (including phenoxy) is 3. The molecule has 2 aromatic carbocycles. The van der Waals surface area contributed by atoms with E-state index in [0.717, 1.165) is 0 Å². The van der Waals surface area contributed by atoms with Gasteiger partial charge in [0.05, 0.1) is 32.4 Å². The first-order chi connectivity index (χ1) is 15.8. The van der Waals surface area contributed by atoms with Crippen molar-refractivity contribution in [3.63, 3.8) is 0 Å². The maximum absolute atomic E-state index is 13.1. The molecule has 33 heavy (non-hydrogen) atoms. The van der Waals surface area contributed by atoms with Crippen LogP contribution in [0.2, 0.25) is 0 Å². The molecule has 1 saturated heterocycles. The molecule has 0 spiro atoms. The number of rotatable bonds is 9. The van der Waals surface area contributed by atoms with Crippen LogP contribution >= 0.6 is 0 Å². The third-order valence-electron chi connectivity index (χ3n) is 5.44. The molecule has 176 valence electrons. The lowest BCUT2D eigenvalue weighted by molar-refractivity contribution is -0.139. The Balaban J connectivity index is 2.12. The van der Waals surface area contributed by atoms with E-state index >= 15 is 0 Å². The van der Waals surface area contributed by atoms with Gasteiger partial charge in [-0.3, -0.25) is 9.59 Å². The van der Waals surface area contributed by atoms with Crippen LogP contribution in [0.15, 0.2) is 48.0 Å². The second kappa shape index (κ2) is 10.4. The van der Waals surface area contributed by atoms with E-state index in [-0.39, 0.29) is 11.3 Å². The number of nitrogens with zero attached hydrogens (tertiary/aromatic N) is 1. The van der Waals surface area contributed by atoms with Crippen LogP contribution in [0.25, 0.3) is 5.76 Å². The first-order valence-corrected chi connectivity index (χ1v) is 11.1. The Kier molecular flexibility index (Phi) is 7.63. The van der Waals surface area contributed by atoms with Crippen molar-refractivity contribution in [2.75, 3.05) is 27.4 Å². The number of carbonyl (C=O) groups is 2. The van der Waals surface area contributed by atoms with Crippen molar-refractivity contribution >= 4 is 17.4 Å². The van der Waals surface area contributed by atoms with Crippen LogP contribution in [-0.2, 0) is 9.59 Å². The van der Waals surface area contributed by atoms with Gasteiger partial charge in [0.25, 0.3) is 11.7 Å². The van der Waals surface area contributed by atoms with E-state index in [0.29, 0.717) is 53.9 Å². The van der Waals surface area contributed by atoms with Crippen LogP contribution in [0.1, 0.15) is 44.4 Å². The molecule has 3 rings (SSSR count). The molecule has 1 heterocycles. The highest BCUT2D eigenvalue weighted by molar-refractivity contribution is 6.46. The van der Waals surface area contributed by atoms with E-state index in [2.05, 4.69) is 13.8 Å². The number of ketones is 1. The summed E-state index contributed by atoms with van der Waals surface area (Å²) in [6.07, 6.45) is 0.651. The maximum atomic E-state index is 13.1. The summed E-state index contributed by atoms with van der Waals surface area (Å²) in [6.45, 7) is 6.97. The van der Waals surface area contributed by atoms with Crippen LogP contribution in [0.5, 0.6) is 17.2 Å². The molecule has 1 amide bonds. The fourth-order valence-electron chi connectivity index (χ4n) is 3.93. The van der Waals surface area contributed by atoms with Gasteiger partial charge in [0, 0.05) is 17.7 Å². The SMILES string of the molecule is CCCN1C(=O)C(=O)/C(=C(/O)c2ccc(OCC(C)C)cc2)C1c1cccc(OC)c1OC. The summed E-state index contributed by atoms with van der Waals surface area (Å²) < 4.78 is 16.7. The number of para-hydroxylation sites is 1. The normalized spacial score (nSPS) is 17.5. The van der Waals surface area contributed by atoms with Crippen molar-refractivity contribution < 1.29 is 28.9 Å². The monoisotopic (exact) mass is 453 g/mol. The fraction of sp³-hybridized carbons (Fsp3) is 0.385. The molecule has 1 N–H and O–H groups in total. The van der Waals surface area contributed by atoms with Gasteiger partial charge in [0.1, 0.15) is 11.5 Å². The molecule has 7 nitrogen and oxygen atoms in total. The predicted molar refractivity (Wildman–Crippen MR) is 126 cm³/mol. The number of hydrogen-bond donors (Lipinski definition) is 1. The van der Waals surface area contributed by atoms with Crippen molar-refractivity contribution in [3.8, 4) is 17.2 Å². The number of hydrogen-bond acceptors (Lipinski definition) is 6. The summed E-state index contributed by atoms with van der Waals surface area (Å²) in [5.74, 6) is 0.321. The minimum Gasteiger partial charge on any atom is -0.507 e. The Morgan fingerprint density at radius 3 is 2.33 bits per heavy atom. The van der Waals surface area contributed by atoms with E-state index in [4.69, 9.17) is 14.2 Å². The highest BCUT2D eigenvalue weighted by Gasteiger charge is 2.47. The molecule has 1 aliphatic heterocycles. The first-order valence-electron chi connectivity index (χ1n) is 11.1. The number of likely N-dealkylation sites (tertiary alicyclic amines) is 1. The standard InChI is InChI=1S/C26H31NO6/c1-6-14-27-22(19-8-7-9-20(31-4)25(19)32-5)21(24(29)26(27)30)23(28)17-10-12-18(13-11-17)33-15-16(2)3/h7-13,16,22,28H,6,14-15H2,1-5H3/b23-21+. The van der Waals surface area contributed by atoms with Gasteiger partial charge in [-0.1, -0.05) is 32.9 Å². The Morgan fingerprint density at radius 1 is 1.06 bits per heavy atom. The largest absolute Gasteiger partial charge is 0.507 e. The molecule has 1 fully saturated rings. The Hall–Kier alpha value is -3.48. The average molecular weight is 454 g/mol. The number of benzene rings is 2. The van der Waals surface area contributed by atoms with E-state index in [9.17, 15) is 14.7 Å².